The Labute approximate surface area is 118 Å². The Morgan fingerprint density at radius 2 is 1.84 bits per heavy atom. The first-order valence-electron chi connectivity index (χ1n) is 7.44. The van der Waals surface area contributed by atoms with Crippen molar-refractivity contribution in [1.29, 1.82) is 0 Å². The summed E-state index contributed by atoms with van der Waals surface area (Å²) < 4.78 is 5.49. The summed E-state index contributed by atoms with van der Waals surface area (Å²) in [5.41, 5.74) is 3.61. The summed E-state index contributed by atoms with van der Waals surface area (Å²) in [5.74, 6) is 1.77. The van der Waals surface area contributed by atoms with Gasteiger partial charge in [-0.2, -0.15) is 0 Å². The molecule has 0 aliphatic carbocycles. The summed E-state index contributed by atoms with van der Waals surface area (Å²) >= 11 is 0. The SMILES string of the molecule is CCC(C)CC(CC)Nc1ccc(C)c(OC)c1C. The van der Waals surface area contributed by atoms with Crippen LogP contribution in [0.5, 0.6) is 5.75 Å². The molecule has 1 aromatic carbocycles. The smallest absolute Gasteiger partial charge is 0.126 e. The van der Waals surface area contributed by atoms with Gasteiger partial charge in [0.15, 0.2) is 0 Å². The van der Waals surface area contributed by atoms with E-state index in [1.54, 1.807) is 7.11 Å². The molecule has 0 saturated heterocycles. The molecule has 0 amide bonds. The first kappa shape index (κ1) is 15.9. The number of hydrogen-bond donors (Lipinski definition) is 1. The summed E-state index contributed by atoms with van der Waals surface area (Å²) in [4.78, 5) is 0. The van der Waals surface area contributed by atoms with E-state index in [0.717, 1.165) is 18.1 Å². The number of benzene rings is 1. The lowest BCUT2D eigenvalue weighted by atomic mass is 9.97. The first-order chi connectivity index (χ1) is 9.03. The number of anilines is 1. The monoisotopic (exact) mass is 263 g/mol. The zero-order chi connectivity index (χ0) is 14.4. The predicted octanol–water partition coefficient (Wildman–Crippen LogP) is 4.94. The molecule has 2 heteroatoms. The number of hydrogen-bond acceptors (Lipinski definition) is 2. The third-order valence-electron chi connectivity index (χ3n) is 4.04. The van der Waals surface area contributed by atoms with Gasteiger partial charge in [-0.15, -0.1) is 0 Å². The van der Waals surface area contributed by atoms with Crippen LogP contribution < -0.4 is 10.1 Å². The Morgan fingerprint density at radius 3 is 2.37 bits per heavy atom. The maximum absolute atomic E-state index is 5.49. The van der Waals surface area contributed by atoms with Crippen molar-refractivity contribution < 1.29 is 4.74 Å². The van der Waals surface area contributed by atoms with Gasteiger partial charge in [-0.25, -0.2) is 0 Å². The minimum atomic E-state index is 0.543. The Kier molecular flexibility index (Phi) is 6.20. The summed E-state index contributed by atoms with van der Waals surface area (Å²) in [6, 6.07) is 4.84. The van der Waals surface area contributed by atoms with Crippen LogP contribution in [-0.2, 0) is 0 Å². The fraction of sp³-hybridized carbons (Fsp3) is 0.647. The van der Waals surface area contributed by atoms with E-state index in [1.807, 2.05) is 0 Å². The second-order valence-electron chi connectivity index (χ2n) is 5.59. The first-order valence-corrected chi connectivity index (χ1v) is 7.44. The molecule has 0 heterocycles. The normalized spacial score (nSPS) is 14.0. The molecular formula is C17H29NO. The zero-order valence-corrected chi connectivity index (χ0v) is 13.3. The number of ether oxygens (including phenoxy) is 1. The van der Waals surface area contributed by atoms with Gasteiger partial charge in [0.1, 0.15) is 5.75 Å². The van der Waals surface area contributed by atoms with Gasteiger partial charge in [-0.05, 0) is 44.2 Å². The summed E-state index contributed by atoms with van der Waals surface area (Å²) in [5, 5.41) is 3.68. The van der Waals surface area contributed by atoms with E-state index in [-0.39, 0.29) is 0 Å². The highest BCUT2D eigenvalue weighted by Crippen LogP contribution is 2.30. The lowest BCUT2D eigenvalue weighted by Crippen LogP contribution is -2.21. The molecule has 1 rings (SSSR count). The lowest BCUT2D eigenvalue weighted by Gasteiger charge is -2.23. The highest BCUT2D eigenvalue weighted by Gasteiger charge is 2.13. The number of rotatable bonds is 7. The van der Waals surface area contributed by atoms with E-state index in [0.29, 0.717) is 6.04 Å². The lowest BCUT2D eigenvalue weighted by molar-refractivity contribution is 0.408. The van der Waals surface area contributed by atoms with Gasteiger partial charge in [0.05, 0.1) is 7.11 Å². The molecule has 19 heavy (non-hydrogen) atoms. The van der Waals surface area contributed by atoms with Crippen LogP contribution in [0.25, 0.3) is 0 Å². The largest absolute Gasteiger partial charge is 0.496 e. The standard InChI is InChI=1S/C17H29NO/c1-7-12(3)11-15(8-2)18-16-10-9-13(4)17(19-6)14(16)5/h9-10,12,15,18H,7-8,11H2,1-6H3. The van der Waals surface area contributed by atoms with Crippen LogP contribution in [0.4, 0.5) is 5.69 Å². The van der Waals surface area contributed by atoms with E-state index in [1.165, 1.54) is 29.7 Å². The maximum atomic E-state index is 5.49. The molecule has 1 N–H and O–H groups in total. The van der Waals surface area contributed by atoms with Crippen molar-refractivity contribution in [2.24, 2.45) is 5.92 Å². The van der Waals surface area contributed by atoms with Crippen molar-refractivity contribution in [2.75, 3.05) is 12.4 Å². The van der Waals surface area contributed by atoms with Gasteiger partial charge in [0.2, 0.25) is 0 Å². The van der Waals surface area contributed by atoms with Crippen LogP contribution in [-0.4, -0.2) is 13.2 Å². The van der Waals surface area contributed by atoms with Crippen molar-refractivity contribution in [1.82, 2.24) is 0 Å². The second-order valence-corrected chi connectivity index (χ2v) is 5.59. The van der Waals surface area contributed by atoms with E-state index in [9.17, 15) is 0 Å². The van der Waals surface area contributed by atoms with Crippen LogP contribution in [0.3, 0.4) is 0 Å². The molecule has 0 aromatic heterocycles. The molecule has 0 fully saturated rings. The van der Waals surface area contributed by atoms with E-state index >= 15 is 0 Å². The third-order valence-corrected chi connectivity index (χ3v) is 4.04. The Morgan fingerprint density at radius 1 is 1.16 bits per heavy atom. The Hall–Kier alpha value is -1.18. The van der Waals surface area contributed by atoms with Crippen molar-refractivity contribution in [3.63, 3.8) is 0 Å². The van der Waals surface area contributed by atoms with Crippen LogP contribution in [0.1, 0.15) is 51.2 Å². The molecule has 0 saturated carbocycles. The molecule has 0 radical (unpaired) electrons. The molecule has 0 aliphatic rings. The van der Waals surface area contributed by atoms with Gasteiger partial charge in [-0.3, -0.25) is 0 Å². The third kappa shape index (κ3) is 4.15. The molecule has 0 aliphatic heterocycles. The topological polar surface area (TPSA) is 21.3 Å². The van der Waals surface area contributed by atoms with Crippen LogP contribution in [0.15, 0.2) is 12.1 Å². The van der Waals surface area contributed by atoms with Crippen LogP contribution in [0, 0.1) is 19.8 Å². The predicted molar refractivity (Wildman–Crippen MR) is 84.2 cm³/mol. The molecule has 2 nitrogen and oxygen atoms in total. The average Bonchev–Trinajstić information content (AvgIpc) is 2.41. The zero-order valence-electron chi connectivity index (χ0n) is 13.3. The van der Waals surface area contributed by atoms with Crippen LogP contribution in [0.2, 0.25) is 0 Å². The number of nitrogens with one attached hydrogen (secondary N) is 1. The van der Waals surface area contributed by atoms with Crippen molar-refractivity contribution >= 4 is 5.69 Å². The minimum absolute atomic E-state index is 0.543. The minimum Gasteiger partial charge on any atom is -0.496 e. The van der Waals surface area contributed by atoms with Gasteiger partial charge < -0.3 is 10.1 Å². The highest BCUT2D eigenvalue weighted by molar-refractivity contribution is 5.60. The van der Waals surface area contributed by atoms with E-state index in [4.69, 9.17) is 4.74 Å². The molecule has 108 valence electrons. The van der Waals surface area contributed by atoms with Gasteiger partial charge in [-0.1, -0.05) is 33.3 Å². The Balaban J connectivity index is 2.85. The quantitative estimate of drug-likeness (QED) is 0.752. The van der Waals surface area contributed by atoms with Crippen molar-refractivity contribution in [3.8, 4) is 5.75 Å². The molecule has 2 unspecified atom stereocenters. The summed E-state index contributed by atoms with van der Waals surface area (Å²) in [6.45, 7) is 11.1. The van der Waals surface area contributed by atoms with Crippen molar-refractivity contribution in [2.45, 2.75) is 59.9 Å². The van der Waals surface area contributed by atoms with Crippen molar-refractivity contribution in [3.05, 3.63) is 23.3 Å². The highest BCUT2D eigenvalue weighted by atomic mass is 16.5. The number of methoxy groups -OCH3 is 1. The van der Waals surface area contributed by atoms with Crippen LogP contribution >= 0.6 is 0 Å². The fourth-order valence-corrected chi connectivity index (χ4v) is 2.50. The van der Waals surface area contributed by atoms with Gasteiger partial charge in [0.25, 0.3) is 0 Å². The van der Waals surface area contributed by atoms with Gasteiger partial charge in [0, 0.05) is 17.3 Å². The average molecular weight is 263 g/mol. The molecular weight excluding hydrogens is 234 g/mol. The van der Waals surface area contributed by atoms with E-state index < -0.39 is 0 Å². The summed E-state index contributed by atoms with van der Waals surface area (Å²) in [7, 11) is 1.75. The second kappa shape index (κ2) is 7.42. The Bertz CT molecular complexity index is 400. The molecule has 0 spiro atoms. The maximum Gasteiger partial charge on any atom is 0.126 e. The van der Waals surface area contributed by atoms with Gasteiger partial charge >= 0.3 is 0 Å². The molecule has 0 bridgehead atoms. The molecule has 1 aromatic rings. The number of aryl methyl sites for hydroxylation is 1. The van der Waals surface area contributed by atoms with E-state index in [2.05, 4.69) is 52.1 Å². The fourth-order valence-electron chi connectivity index (χ4n) is 2.50. The summed E-state index contributed by atoms with van der Waals surface area (Å²) in [6.07, 6.45) is 3.62. The molecule has 2 atom stereocenters.